The van der Waals surface area contributed by atoms with Crippen LogP contribution in [0.4, 0.5) is 5.69 Å². The third-order valence-electron chi connectivity index (χ3n) is 2.39. The zero-order valence-electron chi connectivity index (χ0n) is 9.04. The molecule has 0 fully saturated rings. The van der Waals surface area contributed by atoms with Gasteiger partial charge in [0.2, 0.25) is 0 Å². The van der Waals surface area contributed by atoms with Gasteiger partial charge in [-0.15, -0.1) is 11.3 Å². The first-order chi connectivity index (χ1) is 8.31. The van der Waals surface area contributed by atoms with Gasteiger partial charge in [-0.05, 0) is 12.1 Å². The Morgan fingerprint density at radius 3 is 3.18 bits per heavy atom. The standard InChI is InChI=1S/C12H11N3OS/c13-9-2-1-3-11(6-9)16-8-10-7-15-4-5-17-12(15)14-10/h1-7H,8,13H2. The van der Waals surface area contributed by atoms with Crippen LogP contribution in [0.3, 0.4) is 0 Å². The number of aromatic nitrogens is 2. The normalized spacial score (nSPS) is 10.8. The van der Waals surface area contributed by atoms with Gasteiger partial charge in [-0.1, -0.05) is 6.07 Å². The summed E-state index contributed by atoms with van der Waals surface area (Å²) in [7, 11) is 0. The topological polar surface area (TPSA) is 52.5 Å². The number of nitrogens with zero attached hydrogens (tertiary/aromatic N) is 2. The molecule has 0 aliphatic carbocycles. The summed E-state index contributed by atoms with van der Waals surface area (Å²) in [6.07, 6.45) is 3.95. The summed E-state index contributed by atoms with van der Waals surface area (Å²) in [6, 6.07) is 7.39. The number of rotatable bonds is 3. The van der Waals surface area contributed by atoms with Gasteiger partial charge in [0.05, 0.1) is 5.69 Å². The van der Waals surface area contributed by atoms with E-state index in [0.29, 0.717) is 12.3 Å². The Hall–Kier alpha value is -2.01. The van der Waals surface area contributed by atoms with Crippen LogP contribution in [0.2, 0.25) is 0 Å². The van der Waals surface area contributed by atoms with E-state index >= 15 is 0 Å². The van der Waals surface area contributed by atoms with Gasteiger partial charge in [0.1, 0.15) is 12.4 Å². The van der Waals surface area contributed by atoms with E-state index in [-0.39, 0.29) is 0 Å². The van der Waals surface area contributed by atoms with Gasteiger partial charge in [-0.3, -0.25) is 4.40 Å². The molecule has 0 unspecified atom stereocenters. The molecular formula is C12H11N3OS. The molecule has 0 aliphatic heterocycles. The number of hydrogen-bond donors (Lipinski definition) is 1. The molecule has 3 rings (SSSR count). The minimum Gasteiger partial charge on any atom is -0.487 e. The predicted octanol–water partition coefficient (Wildman–Crippen LogP) is 2.56. The third-order valence-corrected chi connectivity index (χ3v) is 3.16. The monoisotopic (exact) mass is 245 g/mol. The van der Waals surface area contributed by atoms with E-state index in [1.165, 1.54) is 0 Å². The molecule has 1 aromatic carbocycles. The van der Waals surface area contributed by atoms with E-state index in [2.05, 4.69) is 4.98 Å². The van der Waals surface area contributed by atoms with Crippen LogP contribution in [0.1, 0.15) is 5.69 Å². The fourth-order valence-electron chi connectivity index (χ4n) is 1.61. The second kappa shape index (κ2) is 4.10. The lowest BCUT2D eigenvalue weighted by atomic mass is 10.3. The maximum Gasteiger partial charge on any atom is 0.193 e. The van der Waals surface area contributed by atoms with Crippen LogP contribution in [-0.4, -0.2) is 9.38 Å². The molecule has 2 N–H and O–H groups in total. The van der Waals surface area contributed by atoms with Crippen molar-refractivity contribution in [3.05, 3.63) is 47.7 Å². The molecule has 0 bridgehead atoms. The average Bonchev–Trinajstić information content (AvgIpc) is 2.86. The van der Waals surface area contributed by atoms with Crippen LogP contribution < -0.4 is 10.5 Å². The minimum atomic E-state index is 0.456. The number of hydrogen-bond acceptors (Lipinski definition) is 4. The summed E-state index contributed by atoms with van der Waals surface area (Å²) >= 11 is 1.61. The number of thiazole rings is 1. The van der Waals surface area contributed by atoms with Crippen LogP contribution in [0.25, 0.3) is 4.96 Å². The third kappa shape index (κ3) is 2.09. The van der Waals surface area contributed by atoms with Crippen molar-refractivity contribution in [3.63, 3.8) is 0 Å². The summed E-state index contributed by atoms with van der Waals surface area (Å²) < 4.78 is 7.61. The van der Waals surface area contributed by atoms with Crippen LogP contribution >= 0.6 is 11.3 Å². The van der Waals surface area contributed by atoms with Crippen molar-refractivity contribution in [1.29, 1.82) is 0 Å². The van der Waals surface area contributed by atoms with Crippen LogP contribution in [0.15, 0.2) is 42.0 Å². The first-order valence-corrected chi connectivity index (χ1v) is 6.09. The number of imidazole rings is 1. The minimum absolute atomic E-state index is 0.456. The van der Waals surface area contributed by atoms with Crippen molar-refractivity contribution in [2.75, 3.05) is 5.73 Å². The number of nitrogens with two attached hydrogens (primary N) is 1. The van der Waals surface area contributed by atoms with Crippen molar-refractivity contribution in [1.82, 2.24) is 9.38 Å². The van der Waals surface area contributed by atoms with E-state index in [0.717, 1.165) is 16.4 Å². The fourth-order valence-corrected chi connectivity index (χ4v) is 2.33. The molecule has 5 heteroatoms. The Kier molecular flexibility index (Phi) is 2.45. The highest BCUT2D eigenvalue weighted by atomic mass is 32.1. The molecule has 0 amide bonds. The molecule has 0 saturated carbocycles. The lowest BCUT2D eigenvalue weighted by Crippen LogP contribution is -1.96. The Labute approximate surface area is 102 Å². The number of nitrogen functional groups attached to an aromatic ring is 1. The lowest BCUT2D eigenvalue weighted by molar-refractivity contribution is 0.302. The Balaban J connectivity index is 1.74. The van der Waals surface area contributed by atoms with Crippen molar-refractivity contribution in [2.45, 2.75) is 6.61 Å². The molecule has 4 nitrogen and oxygen atoms in total. The SMILES string of the molecule is Nc1cccc(OCc2cn3ccsc3n2)c1. The van der Waals surface area contributed by atoms with Gasteiger partial charge in [-0.25, -0.2) is 4.98 Å². The predicted molar refractivity (Wildman–Crippen MR) is 68.3 cm³/mol. The van der Waals surface area contributed by atoms with Gasteiger partial charge in [0.15, 0.2) is 4.96 Å². The number of fused-ring (bicyclic) bond motifs is 1. The highest BCUT2D eigenvalue weighted by Gasteiger charge is 2.03. The Morgan fingerprint density at radius 1 is 1.41 bits per heavy atom. The summed E-state index contributed by atoms with van der Waals surface area (Å²) in [5, 5.41) is 2.00. The van der Waals surface area contributed by atoms with Crippen LogP contribution in [-0.2, 0) is 6.61 Å². The largest absolute Gasteiger partial charge is 0.487 e. The van der Waals surface area contributed by atoms with E-state index < -0.39 is 0 Å². The first-order valence-electron chi connectivity index (χ1n) is 5.21. The van der Waals surface area contributed by atoms with Crippen LogP contribution in [0.5, 0.6) is 5.75 Å². The zero-order chi connectivity index (χ0) is 11.7. The van der Waals surface area contributed by atoms with Crippen molar-refractivity contribution in [2.24, 2.45) is 0 Å². The van der Waals surface area contributed by atoms with Crippen molar-refractivity contribution in [3.8, 4) is 5.75 Å². The number of benzene rings is 1. The molecule has 0 aliphatic rings. The highest BCUT2D eigenvalue weighted by molar-refractivity contribution is 7.15. The van der Waals surface area contributed by atoms with Gasteiger partial charge in [0.25, 0.3) is 0 Å². The second-order valence-electron chi connectivity index (χ2n) is 3.69. The quantitative estimate of drug-likeness (QED) is 0.721. The molecular weight excluding hydrogens is 234 g/mol. The maximum absolute atomic E-state index is 5.67. The van der Waals surface area contributed by atoms with Crippen molar-refractivity contribution >= 4 is 22.0 Å². The first kappa shape index (κ1) is 10.2. The lowest BCUT2D eigenvalue weighted by Gasteiger charge is -2.04. The molecule has 0 saturated heterocycles. The fraction of sp³-hybridized carbons (Fsp3) is 0.0833. The molecule has 86 valence electrons. The van der Waals surface area contributed by atoms with Crippen molar-refractivity contribution < 1.29 is 4.74 Å². The summed E-state index contributed by atoms with van der Waals surface area (Å²) in [5.74, 6) is 0.765. The van der Waals surface area contributed by atoms with E-state index in [1.54, 1.807) is 17.4 Å². The Morgan fingerprint density at radius 2 is 2.35 bits per heavy atom. The summed E-state index contributed by atoms with van der Waals surface area (Å²) in [5.41, 5.74) is 7.29. The van der Waals surface area contributed by atoms with E-state index in [1.807, 2.05) is 40.4 Å². The Bertz CT molecular complexity index is 615. The highest BCUT2D eigenvalue weighted by Crippen LogP contribution is 2.17. The van der Waals surface area contributed by atoms with E-state index in [4.69, 9.17) is 10.5 Å². The van der Waals surface area contributed by atoms with Crippen LogP contribution in [0, 0.1) is 0 Å². The summed E-state index contributed by atoms with van der Waals surface area (Å²) in [6.45, 7) is 0.456. The average molecular weight is 245 g/mol. The molecule has 0 spiro atoms. The zero-order valence-corrected chi connectivity index (χ0v) is 9.85. The molecule has 2 heterocycles. The van der Waals surface area contributed by atoms with E-state index in [9.17, 15) is 0 Å². The summed E-state index contributed by atoms with van der Waals surface area (Å²) in [4.78, 5) is 5.42. The van der Waals surface area contributed by atoms with Gasteiger partial charge in [0, 0.05) is 29.5 Å². The maximum atomic E-state index is 5.67. The second-order valence-corrected chi connectivity index (χ2v) is 4.56. The smallest absolute Gasteiger partial charge is 0.193 e. The van der Waals surface area contributed by atoms with Gasteiger partial charge >= 0.3 is 0 Å². The number of ether oxygens (including phenoxy) is 1. The number of anilines is 1. The molecule has 0 radical (unpaired) electrons. The van der Waals surface area contributed by atoms with Gasteiger partial charge < -0.3 is 10.5 Å². The molecule has 17 heavy (non-hydrogen) atoms. The molecule has 2 aromatic heterocycles. The molecule has 3 aromatic rings. The molecule has 0 atom stereocenters. The van der Waals surface area contributed by atoms with Gasteiger partial charge in [-0.2, -0.15) is 0 Å².